The molecule has 0 saturated heterocycles. The quantitative estimate of drug-likeness (QED) is 0.170. The molecule has 5 heteroatoms. The topological polar surface area (TPSA) is 49.7 Å². The van der Waals surface area contributed by atoms with E-state index in [0.717, 1.165) is 35.2 Å². The molecule has 0 amide bonds. The minimum atomic E-state index is -0.419. The molecule has 0 atom stereocenters. The van der Waals surface area contributed by atoms with Crippen molar-refractivity contribution >= 4 is 16.9 Å². The summed E-state index contributed by atoms with van der Waals surface area (Å²) in [6.45, 7) is 2.82. The Bertz CT molecular complexity index is 1030. The normalized spacial score (nSPS) is 11.0. The van der Waals surface area contributed by atoms with Crippen LogP contribution in [0.25, 0.3) is 16.6 Å². The second-order valence-corrected chi connectivity index (χ2v) is 8.75. The van der Waals surface area contributed by atoms with Gasteiger partial charge in [0, 0.05) is 11.1 Å². The molecule has 0 saturated carbocycles. The van der Waals surface area contributed by atoms with Crippen molar-refractivity contribution in [1.29, 1.82) is 0 Å². The fraction of sp³-hybridized carbons (Fsp3) is 0.483. The largest absolute Gasteiger partial charge is 0.497 e. The Kier molecular flexibility index (Phi) is 10.3. The van der Waals surface area contributed by atoms with Crippen molar-refractivity contribution in [3.05, 3.63) is 54.2 Å². The number of nitrogens with zero attached hydrogens (tertiary/aromatic N) is 1. The van der Waals surface area contributed by atoms with Crippen LogP contribution in [0.5, 0.6) is 11.5 Å². The van der Waals surface area contributed by atoms with Gasteiger partial charge < -0.3 is 18.8 Å². The molecule has 34 heavy (non-hydrogen) atoms. The molecule has 0 spiro atoms. The molecule has 0 N–H and O–H groups in total. The lowest BCUT2D eigenvalue weighted by atomic mass is 10.1. The Morgan fingerprint density at radius 2 is 1.47 bits per heavy atom. The number of fused-ring (bicyclic) bond motifs is 1. The predicted molar refractivity (Wildman–Crippen MR) is 139 cm³/mol. The monoisotopic (exact) mass is 465 g/mol. The fourth-order valence-electron chi connectivity index (χ4n) is 4.40. The molecule has 0 aliphatic rings. The summed E-state index contributed by atoms with van der Waals surface area (Å²) in [4.78, 5) is 12.9. The van der Waals surface area contributed by atoms with Gasteiger partial charge in [-0.2, -0.15) is 0 Å². The van der Waals surface area contributed by atoms with Crippen LogP contribution in [-0.4, -0.2) is 31.4 Å². The highest BCUT2D eigenvalue weighted by Gasteiger charge is 2.26. The number of aromatic nitrogens is 1. The third kappa shape index (κ3) is 6.55. The van der Waals surface area contributed by atoms with Gasteiger partial charge in [-0.3, -0.25) is 0 Å². The molecule has 0 radical (unpaired) electrons. The van der Waals surface area contributed by atoms with Gasteiger partial charge in [-0.05, 0) is 36.8 Å². The lowest BCUT2D eigenvalue weighted by Crippen LogP contribution is -2.11. The highest BCUT2D eigenvalue weighted by Crippen LogP contribution is 2.38. The minimum absolute atomic E-state index is 0.407. The minimum Gasteiger partial charge on any atom is -0.497 e. The van der Waals surface area contributed by atoms with Gasteiger partial charge in [0.1, 0.15) is 5.75 Å². The Hall–Kier alpha value is -2.95. The highest BCUT2D eigenvalue weighted by molar-refractivity contribution is 6.03. The van der Waals surface area contributed by atoms with Crippen LogP contribution in [-0.2, 0) is 4.74 Å². The van der Waals surface area contributed by atoms with E-state index in [1.54, 1.807) is 7.11 Å². The molecule has 2 aromatic carbocycles. The molecule has 0 aliphatic heterocycles. The van der Waals surface area contributed by atoms with E-state index in [1.165, 1.54) is 58.5 Å². The summed E-state index contributed by atoms with van der Waals surface area (Å²) in [5, 5.41) is 0.843. The number of esters is 1. The number of rotatable bonds is 15. The van der Waals surface area contributed by atoms with Gasteiger partial charge >= 0.3 is 5.97 Å². The summed E-state index contributed by atoms with van der Waals surface area (Å²) >= 11 is 0. The number of carbonyl (C=O) groups is 1. The van der Waals surface area contributed by atoms with Crippen molar-refractivity contribution in [2.24, 2.45) is 0 Å². The number of carbonyl (C=O) groups excluding carboxylic acids is 1. The molecular weight excluding hydrogens is 426 g/mol. The molecule has 0 aliphatic carbocycles. The first-order valence-electron chi connectivity index (χ1n) is 12.7. The van der Waals surface area contributed by atoms with Crippen molar-refractivity contribution in [1.82, 2.24) is 4.57 Å². The van der Waals surface area contributed by atoms with Gasteiger partial charge in [0.25, 0.3) is 0 Å². The maximum absolute atomic E-state index is 12.9. The predicted octanol–water partition coefficient (Wildman–Crippen LogP) is 7.73. The number of para-hydroxylation sites is 1. The zero-order valence-electron chi connectivity index (χ0n) is 21.0. The maximum Gasteiger partial charge on any atom is 0.358 e. The first-order chi connectivity index (χ1) is 16.7. The molecule has 0 bridgehead atoms. The molecular formula is C29H39NO4. The third-order valence-electron chi connectivity index (χ3n) is 6.27. The molecule has 3 aromatic rings. The van der Waals surface area contributed by atoms with Crippen molar-refractivity contribution in [2.75, 3.05) is 20.8 Å². The maximum atomic E-state index is 12.9. The van der Waals surface area contributed by atoms with E-state index in [1.807, 2.05) is 53.1 Å². The van der Waals surface area contributed by atoms with E-state index in [9.17, 15) is 4.79 Å². The summed E-state index contributed by atoms with van der Waals surface area (Å²) < 4.78 is 18.8. The van der Waals surface area contributed by atoms with Crippen LogP contribution in [0.15, 0.2) is 48.5 Å². The van der Waals surface area contributed by atoms with Crippen LogP contribution in [0.1, 0.15) is 81.6 Å². The van der Waals surface area contributed by atoms with E-state index >= 15 is 0 Å². The first kappa shape index (κ1) is 25.7. The average molecular weight is 466 g/mol. The number of benzene rings is 2. The number of hydrogen-bond acceptors (Lipinski definition) is 4. The van der Waals surface area contributed by atoms with E-state index in [2.05, 4.69) is 6.92 Å². The van der Waals surface area contributed by atoms with Crippen LogP contribution < -0.4 is 9.47 Å². The van der Waals surface area contributed by atoms with Crippen LogP contribution in [0.2, 0.25) is 0 Å². The van der Waals surface area contributed by atoms with Gasteiger partial charge in [0.05, 0.1) is 26.3 Å². The van der Waals surface area contributed by atoms with Crippen LogP contribution >= 0.6 is 0 Å². The number of unbranched alkanes of at least 4 members (excludes halogenated alkanes) is 9. The summed E-state index contributed by atoms with van der Waals surface area (Å²) in [6.07, 6.45) is 12.6. The number of methoxy groups -OCH3 is 2. The number of ether oxygens (including phenoxy) is 3. The van der Waals surface area contributed by atoms with Crippen molar-refractivity contribution in [3.63, 3.8) is 0 Å². The Morgan fingerprint density at radius 1 is 0.824 bits per heavy atom. The van der Waals surface area contributed by atoms with Crippen molar-refractivity contribution < 1.29 is 19.0 Å². The molecule has 0 fully saturated rings. The van der Waals surface area contributed by atoms with Gasteiger partial charge in [-0.1, -0.05) is 82.9 Å². The average Bonchev–Trinajstić information content (AvgIpc) is 3.20. The zero-order chi connectivity index (χ0) is 24.2. The Balaban J connectivity index is 1.72. The van der Waals surface area contributed by atoms with Crippen molar-refractivity contribution in [3.8, 4) is 17.2 Å². The second kappa shape index (κ2) is 13.7. The Morgan fingerprint density at radius 3 is 2.09 bits per heavy atom. The van der Waals surface area contributed by atoms with E-state index in [-0.39, 0.29) is 0 Å². The standard InChI is InChI=1S/C29H39NO4/c1-4-5-6-7-8-9-10-11-12-16-21-34-28-25-22-24(32-2)19-20-26(25)30(27(28)29(31)33-3)23-17-14-13-15-18-23/h13-15,17-20,22H,4-12,16,21H2,1-3H3. The zero-order valence-corrected chi connectivity index (χ0v) is 21.0. The second-order valence-electron chi connectivity index (χ2n) is 8.75. The first-order valence-corrected chi connectivity index (χ1v) is 12.7. The summed E-state index contributed by atoms with van der Waals surface area (Å²) in [6, 6.07) is 15.6. The van der Waals surface area contributed by atoms with E-state index < -0.39 is 5.97 Å². The SMILES string of the molecule is CCCCCCCCCCCCOc1c(C(=O)OC)n(-c2ccccc2)c2ccc(OC)cc12. The third-order valence-corrected chi connectivity index (χ3v) is 6.27. The lowest BCUT2D eigenvalue weighted by Gasteiger charge is -2.11. The fourth-order valence-corrected chi connectivity index (χ4v) is 4.40. The molecule has 3 rings (SSSR count). The van der Waals surface area contributed by atoms with Crippen LogP contribution in [0.3, 0.4) is 0 Å². The summed E-state index contributed by atoms with van der Waals surface area (Å²) in [5.41, 5.74) is 2.17. The summed E-state index contributed by atoms with van der Waals surface area (Å²) in [5.74, 6) is 0.857. The Labute approximate surface area is 204 Å². The molecule has 5 nitrogen and oxygen atoms in total. The van der Waals surface area contributed by atoms with E-state index in [4.69, 9.17) is 14.2 Å². The van der Waals surface area contributed by atoms with Gasteiger partial charge in [-0.15, -0.1) is 0 Å². The molecule has 1 heterocycles. The van der Waals surface area contributed by atoms with Crippen LogP contribution in [0, 0.1) is 0 Å². The summed E-state index contributed by atoms with van der Waals surface area (Å²) in [7, 11) is 3.04. The van der Waals surface area contributed by atoms with Crippen LogP contribution in [0.4, 0.5) is 0 Å². The lowest BCUT2D eigenvalue weighted by molar-refractivity contribution is 0.0587. The smallest absolute Gasteiger partial charge is 0.358 e. The van der Waals surface area contributed by atoms with Crippen molar-refractivity contribution in [2.45, 2.75) is 71.1 Å². The highest BCUT2D eigenvalue weighted by atomic mass is 16.5. The van der Waals surface area contributed by atoms with Gasteiger partial charge in [-0.25, -0.2) is 4.79 Å². The molecule has 0 unspecified atom stereocenters. The van der Waals surface area contributed by atoms with Gasteiger partial charge in [0.15, 0.2) is 11.4 Å². The van der Waals surface area contributed by atoms with Gasteiger partial charge in [0.2, 0.25) is 0 Å². The van der Waals surface area contributed by atoms with E-state index in [0.29, 0.717) is 18.1 Å². The number of hydrogen-bond donors (Lipinski definition) is 0. The molecule has 184 valence electrons. The molecule has 1 aromatic heterocycles.